The number of hydrogen-bond donors (Lipinski definition) is 1. The number of benzene rings is 1. The van der Waals surface area contributed by atoms with E-state index in [4.69, 9.17) is 0 Å². The van der Waals surface area contributed by atoms with Gasteiger partial charge in [-0.15, -0.1) is 0 Å². The van der Waals surface area contributed by atoms with Crippen molar-refractivity contribution in [2.75, 3.05) is 50.5 Å². The summed E-state index contributed by atoms with van der Waals surface area (Å²) in [5.41, 5.74) is 0.515. The van der Waals surface area contributed by atoms with Gasteiger partial charge in [0.25, 0.3) is 0 Å². The molecule has 2 aliphatic rings. The highest BCUT2D eigenvalue weighted by atomic mass is 19.4. The van der Waals surface area contributed by atoms with Gasteiger partial charge in [0.05, 0.1) is 23.6 Å². The second-order valence-electron chi connectivity index (χ2n) is 9.50. The second-order valence-corrected chi connectivity index (χ2v) is 9.50. The number of alkyl halides is 3. The van der Waals surface area contributed by atoms with Gasteiger partial charge in [-0.25, -0.2) is 4.98 Å². The Labute approximate surface area is 198 Å². The first-order chi connectivity index (χ1) is 16.1. The van der Waals surface area contributed by atoms with Crippen molar-refractivity contribution in [2.24, 2.45) is 0 Å². The molecule has 2 fully saturated rings. The molecule has 1 N–H and O–H groups in total. The molecule has 1 aromatic heterocycles. The molecular weight excluding hydrogens is 443 g/mol. The molecule has 0 spiro atoms. The third kappa shape index (κ3) is 4.95. The van der Waals surface area contributed by atoms with Crippen molar-refractivity contribution in [3.05, 3.63) is 41.6 Å². The van der Waals surface area contributed by atoms with E-state index in [1.54, 1.807) is 6.20 Å². The minimum absolute atomic E-state index is 0.176. The van der Waals surface area contributed by atoms with Crippen LogP contribution in [-0.2, 0) is 6.18 Å². The molecular formula is C24H30F3N7. The smallest absolute Gasteiger partial charge is 0.352 e. The van der Waals surface area contributed by atoms with Gasteiger partial charge in [0.1, 0.15) is 5.82 Å². The average Bonchev–Trinajstić information content (AvgIpc) is 2.77. The second kappa shape index (κ2) is 9.39. The molecule has 7 nitrogen and oxygen atoms in total. The van der Waals surface area contributed by atoms with Gasteiger partial charge in [0.2, 0.25) is 5.95 Å². The number of anilines is 3. The van der Waals surface area contributed by atoms with Crippen LogP contribution in [0.2, 0.25) is 0 Å². The molecule has 2 aromatic rings. The predicted octanol–water partition coefficient (Wildman–Crippen LogP) is 4.05. The van der Waals surface area contributed by atoms with Crippen LogP contribution in [0.4, 0.5) is 30.6 Å². The first-order valence-electron chi connectivity index (χ1n) is 11.4. The SMILES string of the molecule is Cc1cnc(Nc2ccc(C(F)(F)F)cc2)nc1N1CC(CC#N)(N2CCC(N(C)C)CC2)C1. The summed E-state index contributed by atoms with van der Waals surface area (Å²) in [5.74, 6) is 1.10. The molecule has 10 heteroatoms. The summed E-state index contributed by atoms with van der Waals surface area (Å²) in [7, 11) is 4.23. The van der Waals surface area contributed by atoms with Crippen LogP contribution in [0, 0.1) is 18.3 Å². The molecule has 0 atom stereocenters. The Morgan fingerprint density at radius 2 is 1.82 bits per heavy atom. The number of nitrogens with zero attached hydrogens (tertiary/aromatic N) is 6. The van der Waals surface area contributed by atoms with E-state index in [9.17, 15) is 18.4 Å². The number of aromatic nitrogens is 2. The lowest BCUT2D eigenvalue weighted by atomic mass is 9.82. The van der Waals surface area contributed by atoms with E-state index in [2.05, 4.69) is 50.1 Å². The maximum absolute atomic E-state index is 12.8. The monoisotopic (exact) mass is 473 g/mol. The summed E-state index contributed by atoms with van der Waals surface area (Å²) in [6.45, 7) is 5.31. The third-order valence-corrected chi connectivity index (χ3v) is 6.96. The average molecular weight is 474 g/mol. The van der Waals surface area contributed by atoms with Crippen LogP contribution in [0.1, 0.15) is 30.4 Å². The maximum Gasteiger partial charge on any atom is 0.416 e. The van der Waals surface area contributed by atoms with E-state index in [-0.39, 0.29) is 5.54 Å². The Kier molecular flexibility index (Phi) is 6.69. The number of nitriles is 1. The highest BCUT2D eigenvalue weighted by Crippen LogP contribution is 2.37. The third-order valence-electron chi connectivity index (χ3n) is 6.96. The number of halogens is 3. The molecule has 0 radical (unpaired) electrons. The van der Waals surface area contributed by atoms with Crippen molar-refractivity contribution in [3.63, 3.8) is 0 Å². The minimum Gasteiger partial charge on any atom is -0.352 e. The van der Waals surface area contributed by atoms with Crippen LogP contribution in [0.15, 0.2) is 30.5 Å². The zero-order chi connectivity index (χ0) is 24.5. The van der Waals surface area contributed by atoms with Crippen LogP contribution >= 0.6 is 0 Å². The highest BCUT2D eigenvalue weighted by molar-refractivity contribution is 5.58. The van der Waals surface area contributed by atoms with Crippen LogP contribution in [-0.4, -0.2) is 71.6 Å². The standard InChI is InChI=1S/C24H30F3N7/c1-17-14-29-22(30-19-6-4-18(5-7-19)24(25,26)27)31-21(17)33-15-23(16-33,10-11-28)34-12-8-20(9-13-34)32(2)3/h4-7,14,20H,8-10,12-13,15-16H2,1-3H3,(H,29,30,31). The van der Waals surface area contributed by atoms with Crippen LogP contribution in [0.5, 0.6) is 0 Å². The Balaban J connectivity index is 1.45. The van der Waals surface area contributed by atoms with Crippen molar-refractivity contribution in [3.8, 4) is 6.07 Å². The van der Waals surface area contributed by atoms with Gasteiger partial charge in [0, 0.05) is 49.7 Å². The van der Waals surface area contributed by atoms with Gasteiger partial charge in [-0.2, -0.15) is 23.4 Å². The lowest BCUT2D eigenvalue weighted by Crippen LogP contribution is -2.71. The summed E-state index contributed by atoms with van der Waals surface area (Å²) in [4.78, 5) is 15.8. The van der Waals surface area contributed by atoms with E-state index in [1.807, 2.05) is 6.92 Å². The van der Waals surface area contributed by atoms with Gasteiger partial charge >= 0.3 is 6.18 Å². The number of piperidine rings is 1. The number of hydrogen-bond acceptors (Lipinski definition) is 7. The molecule has 0 aliphatic carbocycles. The van der Waals surface area contributed by atoms with Gasteiger partial charge in [-0.05, 0) is 58.1 Å². The summed E-state index contributed by atoms with van der Waals surface area (Å²) in [6, 6.07) is 7.75. The molecule has 0 saturated carbocycles. The Bertz CT molecular complexity index is 1030. The molecule has 0 unspecified atom stereocenters. The Hall–Kier alpha value is -2.90. The molecule has 2 saturated heterocycles. The van der Waals surface area contributed by atoms with Crippen LogP contribution < -0.4 is 10.2 Å². The van der Waals surface area contributed by atoms with E-state index in [1.165, 1.54) is 12.1 Å². The first-order valence-corrected chi connectivity index (χ1v) is 11.4. The summed E-state index contributed by atoms with van der Waals surface area (Å²) < 4.78 is 38.4. The van der Waals surface area contributed by atoms with Crippen LogP contribution in [0.3, 0.4) is 0 Å². The molecule has 4 rings (SSSR count). The topological polar surface area (TPSA) is 71.3 Å². The van der Waals surface area contributed by atoms with Gasteiger partial charge in [-0.3, -0.25) is 4.90 Å². The Morgan fingerprint density at radius 1 is 1.18 bits per heavy atom. The van der Waals surface area contributed by atoms with Gasteiger partial charge < -0.3 is 15.1 Å². The molecule has 3 heterocycles. The van der Waals surface area contributed by atoms with E-state index < -0.39 is 11.7 Å². The molecule has 182 valence electrons. The lowest BCUT2D eigenvalue weighted by Gasteiger charge is -2.57. The fraction of sp³-hybridized carbons (Fsp3) is 0.542. The molecule has 0 amide bonds. The van der Waals surface area contributed by atoms with E-state index in [0.717, 1.165) is 49.4 Å². The quantitative estimate of drug-likeness (QED) is 0.679. The number of nitrogens with one attached hydrogen (secondary N) is 1. The fourth-order valence-corrected chi connectivity index (χ4v) is 4.93. The highest BCUT2D eigenvalue weighted by Gasteiger charge is 2.49. The van der Waals surface area contributed by atoms with Crippen LogP contribution in [0.25, 0.3) is 0 Å². The largest absolute Gasteiger partial charge is 0.416 e. The molecule has 34 heavy (non-hydrogen) atoms. The predicted molar refractivity (Wildman–Crippen MR) is 125 cm³/mol. The van der Waals surface area contributed by atoms with Crippen molar-refractivity contribution >= 4 is 17.5 Å². The first kappa shape index (κ1) is 24.2. The molecule has 1 aromatic carbocycles. The van der Waals surface area contributed by atoms with E-state index in [0.29, 0.717) is 37.2 Å². The summed E-state index contributed by atoms with van der Waals surface area (Å²) >= 11 is 0. The number of aryl methyl sites for hydroxylation is 1. The lowest BCUT2D eigenvalue weighted by molar-refractivity contribution is -0.137. The zero-order valence-corrected chi connectivity index (χ0v) is 19.7. The summed E-state index contributed by atoms with van der Waals surface area (Å²) in [5, 5.41) is 12.5. The van der Waals surface area contributed by atoms with Gasteiger partial charge in [-0.1, -0.05) is 0 Å². The molecule has 2 aliphatic heterocycles. The van der Waals surface area contributed by atoms with Crippen molar-refractivity contribution < 1.29 is 13.2 Å². The number of likely N-dealkylation sites (tertiary alicyclic amines) is 1. The minimum atomic E-state index is -4.37. The molecule has 0 bridgehead atoms. The summed E-state index contributed by atoms with van der Waals surface area (Å²) in [6.07, 6.45) is -0.0123. The maximum atomic E-state index is 12.8. The van der Waals surface area contributed by atoms with E-state index >= 15 is 0 Å². The Morgan fingerprint density at radius 3 is 2.38 bits per heavy atom. The van der Waals surface area contributed by atoms with Crippen molar-refractivity contribution in [1.82, 2.24) is 19.8 Å². The number of rotatable bonds is 6. The zero-order valence-electron chi connectivity index (χ0n) is 19.7. The fourth-order valence-electron chi connectivity index (χ4n) is 4.93. The van der Waals surface area contributed by atoms with Crippen molar-refractivity contribution in [1.29, 1.82) is 5.26 Å². The van der Waals surface area contributed by atoms with Gasteiger partial charge in [0.15, 0.2) is 0 Å². The van der Waals surface area contributed by atoms with Crippen molar-refractivity contribution in [2.45, 2.75) is 43.9 Å². The normalized spacial score (nSPS) is 19.1.